The van der Waals surface area contributed by atoms with E-state index in [1.807, 2.05) is 30.4 Å². The number of thiophene rings is 1. The van der Waals surface area contributed by atoms with Crippen LogP contribution in [0.4, 0.5) is 0 Å². The third-order valence-electron chi connectivity index (χ3n) is 5.38. The van der Waals surface area contributed by atoms with Crippen LogP contribution in [0.2, 0.25) is 5.02 Å². The van der Waals surface area contributed by atoms with E-state index in [1.54, 1.807) is 12.1 Å². The maximum absolute atomic E-state index is 11.0. The van der Waals surface area contributed by atoms with Crippen molar-refractivity contribution >= 4 is 46.6 Å². The maximum atomic E-state index is 11.0. The van der Waals surface area contributed by atoms with E-state index >= 15 is 0 Å². The number of benzene rings is 1. The number of aliphatic hydroxyl groups is 2. The normalized spacial score (nSPS) is 24.4. The van der Waals surface area contributed by atoms with Crippen LogP contribution in [-0.4, -0.2) is 32.8 Å². The highest BCUT2D eigenvalue weighted by Crippen LogP contribution is 2.40. The smallest absolute Gasteiger partial charge is 0.345 e. The summed E-state index contributed by atoms with van der Waals surface area (Å²) < 4.78 is 0. The van der Waals surface area contributed by atoms with E-state index in [4.69, 9.17) is 28.3 Å². The molecule has 156 valence electrons. The van der Waals surface area contributed by atoms with Gasteiger partial charge in [-0.1, -0.05) is 23.8 Å². The standard InChI is InChI=1S/C22H24Cl2O4S/c23-15-9-13(8-14(10-15)12-25)4-6-18-17(19(24)11-20(18)26)3-1-2-16-5-7-21(29-16)22(27)28/h4-10,17-20,25-26H,1-3,11-12H2,(H,27,28)/t17?,18-,19-,20?/m1/s1. The number of hydrogen-bond acceptors (Lipinski definition) is 4. The number of halogens is 2. The molecule has 4 atom stereocenters. The number of aliphatic hydroxyl groups excluding tert-OH is 2. The van der Waals surface area contributed by atoms with E-state index in [0.29, 0.717) is 16.3 Å². The molecule has 1 aliphatic rings. The third kappa shape index (κ3) is 5.83. The average molecular weight is 455 g/mol. The minimum Gasteiger partial charge on any atom is -0.477 e. The van der Waals surface area contributed by atoms with Crippen LogP contribution in [0, 0.1) is 11.8 Å². The molecule has 1 aromatic heterocycles. The Hall–Kier alpha value is -1.37. The lowest BCUT2D eigenvalue weighted by atomic mass is 9.89. The van der Waals surface area contributed by atoms with Gasteiger partial charge in [-0.25, -0.2) is 4.79 Å². The zero-order valence-electron chi connectivity index (χ0n) is 15.8. The van der Waals surface area contributed by atoms with Crippen LogP contribution in [0.15, 0.2) is 36.4 Å². The van der Waals surface area contributed by atoms with Gasteiger partial charge in [0.05, 0.1) is 12.7 Å². The van der Waals surface area contributed by atoms with Crippen molar-refractivity contribution in [3.05, 3.63) is 62.3 Å². The Balaban J connectivity index is 1.63. The summed E-state index contributed by atoms with van der Waals surface area (Å²) in [6, 6.07) is 8.92. The van der Waals surface area contributed by atoms with Crippen molar-refractivity contribution in [2.24, 2.45) is 11.8 Å². The van der Waals surface area contributed by atoms with Crippen LogP contribution in [-0.2, 0) is 13.0 Å². The molecule has 0 aliphatic heterocycles. The molecule has 0 amide bonds. The van der Waals surface area contributed by atoms with Gasteiger partial charge in [-0.3, -0.25) is 0 Å². The molecule has 0 spiro atoms. The second-order valence-electron chi connectivity index (χ2n) is 7.43. The number of aromatic carboxylic acids is 1. The minimum atomic E-state index is -0.892. The van der Waals surface area contributed by atoms with Gasteiger partial charge in [-0.2, -0.15) is 0 Å². The molecule has 7 heteroatoms. The van der Waals surface area contributed by atoms with Gasteiger partial charge in [0.1, 0.15) is 4.88 Å². The molecule has 2 unspecified atom stereocenters. The Labute approximate surface area is 184 Å². The van der Waals surface area contributed by atoms with Gasteiger partial charge in [0.15, 0.2) is 0 Å². The number of alkyl halides is 1. The van der Waals surface area contributed by atoms with Crippen molar-refractivity contribution in [1.29, 1.82) is 0 Å². The number of carboxylic acids is 1. The van der Waals surface area contributed by atoms with Gasteiger partial charge >= 0.3 is 5.97 Å². The lowest BCUT2D eigenvalue weighted by Crippen LogP contribution is -2.18. The fourth-order valence-corrected chi connectivity index (χ4v) is 5.59. The summed E-state index contributed by atoms with van der Waals surface area (Å²) in [5.74, 6) is -0.790. The number of aryl methyl sites for hydroxylation is 1. The van der Waals surface area contributed by atoms with Crippen LogP contribution < -0.4 is 0 Å². The van der Waals surface area contributed by atoms with Crippen molar-refractivity contribution in [3.8, 4) is 0 Å². The lowest BCUT2D eigenvalue weighted by molar-refractivity contribution is 0.0702. The molecule has 1 heterocycles. The van der Waals surface area contributed by atoms with E-state index in [1.165, 1.54) is 11.3 Å². The molecule has 0 radical (unpaired) electrons. The average Bonchev–Trinajstić information content (AvgIpc) is 3.25. The summed E-state index contributed by atoms with van der Waals surface area (Å²) in [5.41, 5.74) is 1.62. The fourth-order valence-electron chi connectivity index (χ4n) is 3.96. The van der Waals surface area contributed by atoms with E-state index in [0.717, 1.165) is 35.3 Å². The Morgan fingerprint density at radius 1 is 1.28 bits per heavy atom. The molecule has 4 nitrogen and oxygen atoms in total. The molecule has 0 saturated heterocycles. The molecule has 2 aromatic rings. The topological polar surface area (TPSA) is 77.8 Å². The van der Waals surface area contributed by atoms with Crippen LogP contribution >= 0.6 is 34.5 Å². The van der Waals surface area contributed by atoms with Crippen LogP contribution in [0.1, 0.15) is 44.9 Å². The Morgan fingerprint density at radius 3 is 2.76 bits per heavy atom. The van der Waals surface area contributed by atoms with E-state index in [9.17, 15) is 15.0 Å². The first kappa shape index (κ1) is 22.3. The maximum Gasteiger partial charge on any atom is 0.345 e. The van der Waals surface area contributed by atoms with Crippen molar-refractivity contribution < 1.29 is 20.1 Å². The second kappa shape index (κ2) is 10.1. The molecule has 29 heavy (non-hydrogen) atoms. The molecular formula is C22H24Cl2O4S. The zero-order valence-corrected chi connectivity index (χ0v) is 18.1. The first-order valence-corrected chi connectivity index (χ1v) is 11.2. The fraction of sp³-hybridized carbons (Fsp3) is 0.409. The molecule has 3 rings (SSSR count). The highest BCUT2D eigenvalue weighted by molar-refractivity contribution is 7.13. The van der Waals surface area contributed by atoms with Gasteiger partial charge in [-0.05, 0) is 73.1 Å². The van der Waals surface area contributed by atoms with E-state index < -0.39 is 12.1 Å². The van der Waals surface area contributed by atoms with Gasteiger partial charge in [0.25, 0.3) is 0 Å². The predicted molar refractivity (Wildman–Crippen MR) is 118 cm³/mol. The van der Waals surface area contributed by atoms with E-state index in [-0.39, 0.29) is 23.8 Å². The highest BCUT2D eigenvalue weighted by atomic mass is 35.5. The summed E-state index contributed by atoms with van der Waals surface area (Å²) in [7, 11) is 0. The molecule has 1 fully saturated rings. The first-order valence-electron chi connectivity index (χ1n) is 9.60. The molecule has 1 aromatic carbocycles. The van der Waals surface area contributed by atoms with Crippen molar-refractivity contribution in [2.45, 2.75) is 43.8 Å². The van der Waals surface area contributed by atoms with Crippen LogP contribution in [0.5, 0.6) is 0 Å². The Kier molecular flexibility index (Phi) is 7.77. The number of hydrogen-bond donors (Lipinski definition) is 3. The highest BCUT2D eigenvalue weighted by Gasteiger charge is 2.39. The largest absolute Gasteiger partial charge is 0.477 e. The predicted octanol–water partition coefficient (Wildman–Crippen LogP) is 5.23. The Morgan fingerprint density at radius 2 is 2.07 bits per heavy atom. The summed E-state index contributed by atoms with van der Waals surface area (Å²) >= 11 is 13.9. The number of rotatable bonds is 8. The second-order valence-corrected chi connectivity index (χ2v) is 9.60. The number of carbonyl (C=O) groups is 1. The third-order valence-corrected chi connectivity index (χ3v) is 7.23. The van der Waals surface area contributed by atoms with Gasteiger partial charge in [0, 0.05) is 21.2 Å². The number of carboxylic acid groups (broad SMARTS) is 1. The van der Waals surface area contributed by atoms with Crippen LogP contribution in [0.3, 0.4) is 0 Å². The van der Waals surface area contributed by atoms with Crippen molar-refractivity contribution in [3.63, 3.8) is 0 Å². The quantitative estimate of drug-likeness (QED) is 0.477. The monoisotopic (exact) mass is 454 g/mol. The molecule has 1 saturated carbocycles. The molecule has 0 bridgehead atoms. The molecule has 1 aliphatic carbocycles. The lowest BCUT2D eigenvalue weighted by Gasteiger charge is -2.20. The van der Waals surface area contributed by atoms with Gasteiger partial charge in [0.2, 0.25) is 0 Å². The molecular weight excluding hydrogens is 431 g/mol. The van der Waals surface area contributed by atoms with Crippen molar-refractivity contribution in [2.75, 3.05) is 0 Å². The zero-order chi connectivity index (χ0) is 21.0. The first-order chi connectivity index (χ1) is 13.9. The summed E-state index contributed by atoms with van der Waals surface area (Å²) in [5, 5.41) is 29.3. The summed E-state index contributed by atoms with van der Waals surface area (Å²) in [6.07, 6.45) is 6.54. The van der Waals surface area contributed by atoms with Crippen LogP contribution in [0.25, 0.3) is 6.08 Å². The van der Waals surface area contributed by atoms with Gasteiger partial charge < -0.3 is 15.3 Å². The van der Waals surface area contributed by atoms with E-state index in [2.05, 4.69) is 0 Å². The van der Waals surface area contributed by atoms with Gasteiger partial charge in [-0.15, -0.1) is 22.9 Å². The minimum absolute atomic E-state index is 0.0491. The summed E-state index contributed by atoms with van der Waals surface area (Å²) in [4.78, 5) is 12.4. The van der Waals surface area contributed by atoms with Crippen molar-refractivity contribution in [1.82, 2.24) is 0 Å². The Bertz CT molecular complexity index is 879. The SMILES string of the molecule is O=C(O)c1ccc(CCCC2[C@@H](C=Cc3cc(Cl)cc(CO)c3)C(O)C[C@H]2Cl)s1. The summed E-state index contributed by atoms with van der Waals surface area (Å²) in [6.45, 7) is -0.0772. The molecule has 3 N–H and O–H groups in total.